The first kappa shape index (κ1) is 87.7. The Morgan fingerprint density at radius 1 is 0.482 bits per heavy atom. The lowest BCUT2D eigenvalue weighted by Gasteiger charge is -2.32. The highest BCUT2D eigenvalue weighted by Crippen LogP contribution is 2.30. The first-order valence-electron chi connectivity index (χ1n) is 40.6. The zero-order valence-electron chi connectivity index (χ0n) is 68.6. The molecule has 10 aromatic rings. The van der Waals surface area contributed by atoms with Gasteiger partial charge in [-0.1, -0.05) is 220 Å². The molecule has 13 rings (SSSR count). The number of halogens is 2. The van der Waals surface area contributed by atoms with E-state index < -0.39 is 0 Å². The molecule has 0 aliphatic carbocycles. The average Bonchev–Trinajstić information content (AvgIpc) is 1.64. The molecule has 16 nitrogen and oxygen atoms in total. The van der Waals surface area contributed by atoms with E-state index in [4.69, 9.17) is 28.3 Å². The third-order valence-electron chi connectivity index (χ3n) is 20.0. The number of hydrogen-bond acceptors (Lipinski definition) is 13. The number of piperidine rings is 2. The van der Waals surface area contributed by atoms with E-state index in [0.717, 1.165) is 83.2 Å². The standard InChI is InChI=1S/C20H23N3.C16H26N2.C15H23ClN2.C15H24N2.C14H19N3.C12H15ClN4/c1-15(2)21-14-19-16(3)23(18-12-8-5-9-13-18)22-20(19)17-10-6-4-7-11-17;1-14(2)17-16(15-9-5-3-6-10-15)13-18-11-7-4-8-12-18;1-12(2)17-11-15(18-8-3-4-9-18)13-6-5-7-14(16)10-13;1-13(2)16-12-14-8-4-5-9-15(14)17-10-6-3-7-11-17;1-12(2)16(3)11-13-5-7-14(8-6-13)17-10-4-9-15-17;1-9(2)15-6-10-5-11(13)3-4-12(10)17-8-14-7-16-17/h4-13,15,21H,14H2,1-3H3;3,5-6,9-10,14,16-17H,4,7-8,11-13H2,1-2H3;5-7,10,12,15,17H,3-4,8-9,11H2,1-2H3;4-5,8-9,13,16H,3,6-7,10-12H2,1-2H3;4-10,12H,11H2,1-3H3;3-5,7-9,15H,6H2,1-2H3/t;16-;;;;/m.0..../s1. The number of para-hydroxylation sites is 2. The van der Waals surface area contributed by atoms with Crippen LogP contribution >= 0.6 is 23.2 Å². The SMILES string of the molecule is CC(C)N(C)Cc1ccc(-n2cccn2)cc1.CC(C)NCC(c1cccc(Cl)c1)N1CCCC1.CC(C)NCc1cc(Cl)ccc1-n1cncn1.CC(C)NCc1ccccc1N1CCCCC1.CC(C)N[C@@H](CN1CCCCC1)c1ccccc1.Cc1c(CNC(C)C)c(-c2ccccc2)nn1-c1ccccc1. The second kappa shape index (κ2) is 47.5. The van der Waals surface area contributed by atoms with E-state index in [1.165, 1.54) is 136 Å². The molecular weight excluding hydrogens is 1400 g/mol. The lowest BCUT2D eigenvalue weighted by molar-refractivity contribution is 0.202. The van der Waals surface area contributed by atoms with Gasteiger partial charge in [0.1, 0.15) is 12.7 Å². The van der Waals surface area contributed by atoms with Gasteiger partial charge in [-0.25, -0.2) is 19.0 Å². The van der Waals surface area contributed by atoms with Crippen LogP contribution in [0.15, 0.2) is 213 Å². The van der Waals surface area contributed by atoms with Crippen LogP contribution in [-0.2, 0) is 26.2 Å². The first-order chi connectivity index (χ1) is 53.2. The number of rotatable bonds is 27. The van der Waals surface area contributed by atoms with Crippen LogP contribution in [0, 0.1) is 6.92 Å². The maximum Gasteiger partial charge on any atom is 0.138 e. The molecule has 3 aliphatic heterocycles. The zero-order valence-corrected chi connectivity index (χ0v) is 70.2. The summed E-state index contributed by atoms with van der Waals surface area (Å²) in [5, 5.41) is 32.5. The lowest BCUT2D eigenvalue weighted by Crippen LogP contribution is -2.40. The van der Waals surface area contributed by atoms with Gasteiger partial charge in [-0.3, -0.25) is 9.80 Å². The van der Waals surface area contributed by atoms with Gasteiger partial charge in [0.05, 0.1) is 22.8 Å². The maximum atomic E-state index is 6.12. The van der Waals surface area contributed by atoms with E-state index >= 15 is 0 Å². The quantitative estimate of drug-likeness (QED) is 0.0334. The van der Waals surface area contributed by atoms with Crippen LogP contribution in [0.25, 0.3) is 28.3 Å². The summed E-state index contributed by atoms with van der Waals surface area (Å²) < 4.78 is 5.66. The van der Waals surface area contributed by atoms with Gasteiger partial charge in [0.2, 0.25) is 0 Å². The predicted octanol–water partition coefficient (Wildman–Crippen LogP) is 19.3. The summed E-state index contributed by atoms with van der Waals surface area (Å²) in [7, 11) is 2.14. The minimum atomic E-state index is 0.428. The van der Waals surface area contributed by atoms with Crippen molar-refractivity contribution >= 4 is 28.9 Å². The Labute approximate surface area is 671 Å². The lowest BCUT2D eigenvalue weighted by atomic mass is 10.0. The molecule has 0 bridgehead atoms. The van der Waals surface area contributed by atoms with Gasteiger partial charge < -0.3 is 36.4 Å². The Bertz CT molecular complexity index is 4070. The Hall–Kier alpha value is -7.84. The normalized spacial score (nSPS) is 14.5. The van der Waals surface area contributed by atoms with Crippen LogP contribution < -0.4 is 31.5 Å². The molecule has 2 atom stereocenters. The minimum absolute atomic E-state index is 0.428. The Balaban J connectivity index is 0.000000167. The van der Waals surface area contributed by atoms with E-state index in [0.29, 0.717) is 48.3 Å². The molecule has 1 unspecified atom stereocenters. The minimum Gasteiger partial charge on any atom is -0.371 e. The summed E-state index contributed by atoms with van der Waals surface area (Å²) in [4.78, 5) is 14.0. The van der Waals surface area contributed by atoms with E-state index in [1.54, 1.807) is 17.2 Å². The molecule has 18 heteroatoms. The third kappa shape index (κ3) is 30.0. The third-order valence-corrected chi connectivity index (χ3v) is 20.4. The molecule has 3 fully saturated rings. The van der Waals surface area contributed by atoms with Crippen LogP contribution in [0.3, 0.4) is 0 Å². The number of aromatic nitrogens is 7. The topological polar surface area (TPSA) is 139 Å². The van der Waals surface area contributed by atoms with Crippen molar-refractivity contribution in [1.82, 2.24) is 75.6 Å². The Morgan fingerprint density at radius 2 is 1.05 bits per heavy atom. The summed E-state index contributed by atoms with van der Waals surface area (Å²) in [5.41, 5.74) is 15.9. The second-order valence-electron chi connectivity index (χ2n) is 31.1. The van der Waals surface area contributed by atoms with Crippen LogP contribution in [0.5, 0.6) is 0 Å². The molecule has 5 N–H and O–H groups in total. The summed E-state index contributed by atoms with van der Waals surface area (Å²) in [6, 6.07) is 68.9. The molecular formula is C92H130Cl2N16. The van der Waals surface area contributed by atoms with Crippen molar-refractivity contribution in [3.8, 4) is 28.3 Å². The maximum absolute atomic E-state index is 6.12. The van der Waals surface area contributed by atoms with Crippen molar-refractivity contribution in [2.24, 2.45) is 0 Å². The van der Waals surface area contributed by atoms with Gasteiger partial charge in [0.15, 0.2) is 0 Å². The molecule has 0 amide bonds. The Morgan fingerprint density at radius 3 is 1.65 bits per heavy atom. The average molecular weight is 1530 g/mol. The van der Waals surface area contributed by atoms with Gasteiger partial charge in [0, 0.05) is 146 Å². The van der Waals surface area contributed by atoms with Gasteiger partial charge in [-0.15, -0.1) is 0 Å². The van der Waals surface area contributed by atoms with Crippen molar-refractivity contribution in [3.05, 3.63) is 262 Å². The molecule has 0 radical (unpaired) electrons. The molecule has 7 aromatic carbocycles. The molecule has 0 saturated carbocycles. The van der Waals surface area contributed by atoms with Crippen molar-refractivity contribution < 1.29 is 0 Å². The number of nitrogens with zero attached hydrogens (tertiary/aromatic N) is 11. The van der Waals surface area contributed by atoms with E-state index in [2.05, 4.69) is 292 Å². The molecule has 6 heterocycles. The highest BCUT2D eigenvalue weighted by Gasteiger charge is 2.25. The fourth-order valence-electron chi connectivity index (χ4n) is 13.6. The molecule has 3 aromatic heterocycles. The van der Waals surface area contributed by atoms with Crippen molar-refractivity contribution in [1.29, 1.82) is 0 Å². The number of nitrogens with one attached hydrogen (secondary N) is 5. The predicted molar refractivity (Wildman–Crippen MR) is 465 cm³/mol. The number of hydrogen-bond donors (Lipinski definition) is 5. The smallest absolute Gasteiger partial charge is 0.138 e. The number of anilines is 1. The summed E-state index contributed by atoms with van der Waals surface area (Å²) in [6.07, 6.45) is 17.8. The fraction of sp³-hybridized carbons (Fsp3) is 0.457. The van der Waals surface area contributed by atoms with Gasteiger partial charge in [0.25, 0.3) is 0 Å². The summed E-state index contributed by atoms with van der Waals surface area (Å²) in [6.45, 7) is 41.4. The van der Waals surface area contributed by atoms with Crippen LogP contribution in [0.1, 0.15) is 186 Å². The second-order valence-corrected chi connectivity index (χ2v) is 31.9. The van der Waals surface area contributed by atoms with Gasteiger partial charge >= 0.3 is 0 Å². The molecule has 3 aliphatic rings. The van der Waals surface area contributed by atoms with Crippen molar-refractivity contribution in [2.45, 2.75) is 216 Å². The molecule has 0 spiro atoms. The van der Waals surface area contributed by atoms with Gasteiger partial charge in [-0.05, 0) is 193 Å². The van der Waals surface area contributed by atoms with Crippen LogP contribution in [0.2, 0.25) is 10.0 Å². The molecule has 3 saturated heterocycles. The van der Waals surface area contributed by atoms with Gasteiger partial charge in [-0.2, -0.15) is 15.3 Å². The summed E-state index contributed by atoms with van der Waals surface area (Å²) in [5.74, 6) is 0. The van der Waals surface area contributed by atoms with E-state index in [1.807, 2.05) is 70.2 Å². The highest BCUT2D eigenvalue weighted by atomic mass is 35.5. The van der Waals surface area contributed by atoms with Crippen molar-refractivity contribution in [2.75, 3.05) is 64.3 Å². The zero-order chi connectivity index (χ0) is 78.6. The Kier molecular flexibility index (Phi) is 37.9. The van der Waals surface area contributed by atoms with E-state index in [-0.39, 0.29) is 0 Å². The number of likely N-dealkylation sites (tertiary alicyclic amines) is 2. The van der Waals surface area contributed by atoms with Crippen LogP contribution in [-0.4, -0.2) is 145 Å². The molecule has 110 heavy (non-hydrogen) atoms. The fourth-order valence-corrected chi connectivity index (χ4v) is 14.0. The first-order valence-corrected chi connectivity index (χ1v) is 41.4. The summed E-state index contributed by atoms with van der Waals surface area (Å²) >= 11 is 12.1. The van der Waals surface area contributed by atoms with Crippen molar-refractivity contribution in [3.63, 3.8) is 0 Å². The monoisotopic (exact) mass is 1530 g/mol. The highest BCUT2D eigenvalue weighted by molar-refractivity contribution is 6.31. The largest absolute Gasteiger partial charge is 0.371 e. The number of benzene rings is 7. The van der Waals surface area contributed by atoms with E-state index in [9.17, 15) is 0 Å². The molecule has 592 valence electrons. The van der Waals surface area contributed by atoms with Crippen LogP contribution in [0.4, 0.5) is 5.69 Å².